The molecule has 6 heterocycles. The predicted octanol–water partition coefficient (Wildman–Crippen LogP) is 14.0. The zero-order valence-electron chi connectivity index (χ0n) is 80.7. The summed E-state index contributed by atoms with van der Waals surface area (Å²) >= 11 is 7.87. The van der Waals surface area contributed by atoms with Crippen LogP contribution in [0.25, 0.3) is 65.0 Å². The second kappa shape index (κ2) is 49.4. The zero-order chi connectivity index (χ0) is 92.9. The van der Waals surface area contributed by atoms with Gasteiger partial charge >= 0.3 is 61.6 Å². The number of aryl methyl sites for hydroxylation is 4. The number of aromatic carboxylic acids is 1. The Balaban J connectivity index is 0.000000259. The van der Waals surface area contributed by atoms with Crippen molar-refractivity contribution in [1.29, 1.82) is 0 Å². The molecule has 0 amide bonds. The third kappa shape index (κ3) is 29.6. The molecular formula is C99H123Li2N13O15S3Y. The molecule has 34 heteroatoms. The number of nitrogens with one attached hydrogen (secondary N) is 4. The van der Waals surface area contributed by atoms with E-state index < -0.39 is 5.97 Å². The van der Waals surface area contributed by atoms with Crippen molar-refractivity contribution in [2.45, 2.75) is 242 Å². The number of carbonyl (C=O) groups excluding carboxylic acids is 3. The van der Waals surface area contributed by atoms with E-state index in [4.69, 9.17) is 61.2 Å². The summed E-state index contributed by atoms with van der Waals surface area (Å²) in [6.07, 6.45) is 4.20. The van der Waals surface area contributed by atoms with Gasteiger partial charge in [-0.15, -0.1) is 20.4 Å². The maximum Gasteiger partial charge on any atom is 1.00 e. The minimum absolute atomic E-state index is 0. The number of nitrogens with zero attached hydrogens (tertiary/aromatic N) is 8. The van der Waals surface area contributed by atoms with Gasteiger partial charge in [0.1, 0.15) is 58.0 Å². The van der Waals surface area contributed by atoms with E-state index in [1.807, 2.05) is 102 Å². The van der Waals surface area contributed by atoms with E-state index in [9.17, 15) is 29.4 Å². The molecule has 0 saturated heterocycles. The number of hydrazine groups is 1. The summed E-state index contributed by atoms with van der Waals surface area (Å²) in [6.45, 7) is 46.4. The van der Waals surface area contributed by atoms with Gasteiger partial charge in [-0.1, -0.05) is 142 Å². The Morgan fingerprint density at radius 3 is 1.07 bits per heavy atom. The Morgan fingerprint density at radius 2 is 0.752 bits per heavy atom. The van der Waals surface area contributed by atoms with Gasteiger partial charge in [0, 0.05) is 98.1 Å². The first-order chi connectivity index (χ1) is 60.6. The maximum atomic E-state index is 12.3. The molecule has 15 rings (SSSR count). The van der Waals surface area contributed by atoms with Crippen LogP contribution in [-0.2, 0) is 68.6 Å². The molecule has 10 N–H and O–H groups in total. The van der Waals surface area contributed by atoms with Gasteiger partial charge in [-0.2, -0.15) is 0 Å². The Hall–Kier alpha value is -9.41. The molecule has 0 spiro atoms. The average molecular weight is 1930 g/mol. The molecule has 0 atom stereocenters. The minimum Gasteiger partial charge on any atom is -0.870 e. The molecule has 6 aromatic carbocycles. The van der Waals surface area contributed by atoms with Gasteiger partial charge < -0.3 is 75.7 Å². The van der Waals surface area contributed by atoms with Gasteiger partial charge in [0.05, 0.1) is 72.3 Å². The molecule has 3 saturated carbocycles. The fourth-order valence-corrected chi connectivity index (χ4v) is 16.7. The van der Waals surface area contributed by atoms with Crippen molar-refractivity contribution in [3.8, 4) is 44.4 Å². The van der Waals surface area contributed by atoms with Crippen LogP contribution >= 0.6 is 34.9 Å². The summed E-state index contributed by atoms with van der Waals surface area (Å²) in [4.78, 5) is 66.3. The van der Waals surface area contributed by atoms with Crippen molar-refractivity contribution in [3.05, 3.63) is 200 Å². The number of rotatable bonds is 22. The van der Waals surface area contributed by atoms with Crippen LogP contribution in [0, 0.1) is 27.7 Å². The van der Waals surface area contributed by atoms with E-state index in [0.717, 1.165) is 181 Å². The van der Waals surface area contributed by atoms with Crippen LogP contribution in [0.1, 0.15) is 242 Å². The topological polar surface area (TPSA) is 411 Å². The van der Waals surface area contributed by atoms with Crippen LogP contribution in [0.2, 0.25) is 0 Å². The summed E-state index contributed by atoms with van der Waals surface area (Å²) in [7, 11) is 0. The SMILES string of the molecule is CCOC(=O)c1cc(C)c2cc(OCC)cc(C(C)(C)C)c2n1.CCOc1cc(C(C)(C)C)c2nc(-c3nnc(NC4CC(O)C4)s3)cc(C)c2c1.CCOc1cc(C(C)(C)C)c2nc(-c3nnc(NC4CC(OC(=O)c5ccccc5)C4)s3)cc(C)c2c1.CCOc1cc(C(C)(C)C)c2nc(C(=O)O)cc(C)c2c1.NNC(=S)NC1CC(OC(=O)c2ccccc2)C1.[Li+].[Li+].[OH-].[OH-].[Y]. The number of benzene rings is 6. The van der Waals surface area contributed by atoms with Gasteiger partial charge in [-0.05, 0) is 251 Å². The smallest absolute Gasteiger partial charge is 0.870 e. The predicted molar refractivity (Wildman–Crippen MR) is 517 cm³/mol. The number of hydrogen-bond donors (Lipinski definition) is 7. The van der Waals surface area contributed by atoms with Gasteiger partial charge in [0.15, 0.2) is 15.1 Å². The van der Waals surface area contributed by atoms with Gasteiger partial charge in [-0.25, -0.2) is 45.0 Å². The summed E-state index contributed by atoms with van der Waals surface area (Å²) in [5, 5.41) is 53.5. The third-order valence-corrected chi connectivity index (χ3v) is 23.8. The largest absolute Gasteiger partial charge is 1.00 e. The number of aliphatic hydroxyl groups excluding tert-OH is 1. The summed E-state index contributed by atoms with van der Waals surface area (Å²) in [6, 6.07) is 42.6. The normalized spacial score (nSPS) is 15.8. The molecule has 0 aliphatic heterocycles. The monoisotopic (exact) mass is 1930 g/mol. The fourth-order valence-electron chi connectivity index (χ4n) is 15.0. The molecule has 12 aromatic rings. The van der Waals surface area contributed by atoms with Crippen LogP contribution in [0.4, 0.5) is 10.3 Å². The Kier molecular flexibility index (Phi) is 41.7. The van der Waals surface area contributed by atoms with E-state index in [-0.39, 0.29) is 163 Å². The molecular weight excluding hydrogens is 1810 g/mol. The standard InChI is InChI=1S/C29H32N4O3S.C22H28N4O2S.C19H25NO3.C17H21NO3.C12H15N3O2S.2Li.2H2O.Y/c1-6-35-20-15-22-17(2)12-24(31-25(22)23(16-20)29(3,4)5)26-32-33-28(37-26)30-19-13-21(14-19)36-27(34)18-10-8-7-9-11-18;1-6-28-15-10-16-12(2)7-18(24-19(16)17(11-15)22(3,4)5)20-25-26-21(29-20)23-13-8-14(27)9-13;1-7-22-13-10-14-12(3)9-16(18(21)23-8-2)20-17(14)15(11-13)19(4,5)6;1-6-21-11-8-12-10(2)7-14(16(19)20)18-15(12)13(9-11)17(3,4)5;13-15-12(18)14-9-6-10(7-9)17-11(16)8-4-2-1-3-5-8;;;;;/h7-12,15-16,19,21H,6,13-14H2,1-5H3,(H,30,33);7,10-11,13-14,27H,6,8-9H2,1-5H3,(H,23,26);9-11H,7-8H2,1-6H3;7-9H,6H2,1-5H3,(H,19,20);1-5,9-10H,6-7,13H2,(H2,14,15,18);;;2*1H2;/q;;;;;2*+1;;;/p-2. The first-order valence-corrected chi connectivity index (χ1v) is 45.6. The molecule has 3 aliphatic rings. The summed E-state index contributed by atoms with van der Waals surface area (Å²) in [5.41, 5.74) is 17.2. The number of anilines is 2. The summed E-state index contributed by atoms with van der Waals surface area (Å²) in [5.74, 6) is 6.59. The number of aromatic nitrogens is 8. The van der Waals surface area contributed by atoms with E-state index in [2.05, 4.69) is 185 Å². The van der Waals surface area contributed by atoms with Gasteiger partial charge in [0.2, 0.25) is 10.3 Å². The average Bonchev–Trinajstić information content (AvgIpc) is 1.67. The fraction of sp³-hybridized carbons (Fsp3) is 0.424. The van der Waals surface area contributed by atoms with Gasteiger partial charge in [0.25, 0.3) is 0 Å². The number of pyridine rings is 4. The van der Waals surface area contributed by atoms with E-state index in [1.54, 1.807) is 43.3 Å². The number of carbonyl (C=O) groups is 4. The van der Waals surface area contributed by atoms with Crippen LogP contribution < -0.4 is 83.9 Å². The summed E-state index contributed by atoms with van der Waals surface area (Å²) < 4.78 is 39.0. The molecule has 28 nitrogen and oxygen atoms in total. The van der Waals surface area contributed by atoms with E-state index >= 15 is 0 Å². The van der Waals surface area contributed by atoms with Crippen LogP contribution in [-0.4, -0.2) is 160 Å². The molecule has 6 aromatic heterocycles. The third-order valence-electron chi connectivity index (χ3n) is 21.8. The van der Waals surface area contributed by atoms with E-state index in [0.29, 0.717) is 55.0 Å². The number of carboxylic acid groups (broad SMARTS) is 1. The number of hydrogen-bond acceptors (Lipinski definition) is 28. The number of fused-ring (bicyclic) bond motifs is 4. The molecule has 133 heavy (non-hydrogen) atoms. The number of esters is 3. The Bertz CT molecular complexity index is 5970. The van der Waals surface area contributed by atoms with Crippen molar-refractivity contribution < 1.29 is 144 Å². The molecule has 1 radical (unpaired) electrons. The number of nitrogens with two attached hydrogens (primary N) is 1. The second-order valence-corrected chi connectivity index (χ2v) is 38.6. The van der Waals surface area contributed by atoms with Crippen molar-refractivity contribution in [3.63, 3.8) is 0 Å². The second-order valence-electron chi connectivity index (χ2n) is 36.2. The van der Waals surface area contributed by atoms with Crippen molar-refractivity contribution in [2.24, 2.45) is 5.84 Å². The van der Waals surface area contributed by atoms with Crippen LogP contribution in [0.15, 0.2) is 133 Å². The molecule has 0 unspecified atom stereocenters. The minimum atomic E-state index is -1.01. The number of ether oxygens (including phenoxy) is 7. The van der Waals surface area contributed by atoms with Crippen LogP contribution in [0.5, 0.6) is 23.0 Å². The molecule has 697 valence electrons. The first kappa shape index (κ1) is 112. The molecule has 0 bridgehead atoms. The number of carboxylic acids is 1. The van der Waals surface area contributed by atoms with Crippen molar-refractivity contribution in [2.75, 3.05) is 43.7 Å². The Labute approximate surface area is 842 Å². The zero-order valence-corrected chi connectivity index (χ0v) is 86.0. The number of thiocarbonyl (C=S) groups is 1. The van der Waals surface area contributed by atoms with Crippen LogP contribution in [0.3, 0.4) is 0 Å². The van der Waals surface area contributed by atoms with E-state index in [1.165, 1.54) is 22.7 Å². The van der Waals surface area contributed by atoms with Crippen molar-refractivity contribution >= 4 is 118 Å². The maximum absolute atomic E-state index is 12.3. The first-order valence-electron chi connectivity index (χ1n) is 43.6. The quantitative estimate of drug-likeness (QED) is 0.00827. The van der Waals surface area contributed by atoms with Gasteiger partial charge in [-0.3, -0.25) is 0 Å². The molecule has 3 aliphatic carbocycles. The Morgan fingerprint density at radius 1 is 0.436 bits per heavy atom. The van der Waals surface area contributed by atoms with Crippen molar-refractivity contribution in [1.82, 2.24) is 51.1 Å². The molecule has 3 fully saturated rings. The number of aliphatic hydroxyl groups is 1.